The first-order chi connectivity index (χ1) is 8.34. The Bertz CT molecular complexity index is 364. The van der Waals surface area contributed by atoms with Crippen molar-refractivity contribution in [3.05, 3.63) is 0 Å². The fourth-order valence-corrected chi connectivity index (χ4v) is 4.51. The van der Waals surface area contributed by atoms with Crippen LogP contribution in [-0.2, 0) is 10.1 Å². The van der Waals surface area contributed by atoms with Crippen molar-refractivity contribution in [1.82, 2.24) is 0 Å². The lowest BCUT2D eigenvalue weighted by atomic mass is 9.64. The van der Waals surface area contributed by atoms with Crippen molar-refractivity contribution in [3.63, 3.8) is 0 Å². The van der Waals surface area contributed by atoms with Crippen molar-refractivity contribution in [2.24, 2.45) is 23.7 Å². The van der Waals surface area contributed by atoms with Crippen molar-refractivity contribution in [2.75, 3.05) is 0 Å². The Kier molecular flexibility index (Phi) is 4.32. The van der Waals surface area contributed by atoms with Crippen LogP contribution in [0.15, 0.2) is 0 Å². The third kappa shape index (κ3) is 3.67. The van der Waals surface area contributed by atoms with Crippen molar-refractivity contribution < 1.29 is 17.4 Å². The standard InChI is InChI=1S/C13H23FO3S/c1-9-4-11-6-10(7-12(5-9)8-11)2-3-13(14)18(15,16)17/h9-13H,2-8H2,1H3,(H,15,16,17). The molecule has 0 aliphatic heterocycles. The molecule has 0 amide bonds. The molecule has 2 rings (SSSR count). The van der Waals surface area contributed by atoms with Gasteiger partial charge in [-0.3, -0.25) is 4.55 Å². The first kappa shape index (κ1) is 14.3. The van der Waals surface area contributed by atoms with Crippen molar-refractivity contribution in [1.29, 1.82) is 0 Å². The topological polar surface area (TPSA) is 54.4 Å². The molecule has 0 saturated heterocycles. The number of hydrogen-bond acceptors (Lipinski definition) is 2. The van der Waals surface area contributed by atoms with Gasteiger partial charge in [-0.25, -0.2) is 4.39 Å². The van der Waals surface area contributed by atoms with E-state index in [0.717, 1.165) is 30.6 Å². The highest BCUT2D eigenvalue weighted by molar-refractivity contribution is 7.86. The average molecular weight is 278 g/mol. The smallest absolute Gasteiger partial charge is 0.283 e. The fourth-order valence-electron chi connectivity index (χ4n) is 4.07. The first-order valence-corrected chi connectivity index (χ1v) is 8.45. The normalized spacial score (nSPS) is 38.4. The lowest BCUT2D eigenvalue weighted by molar-refractivity contribution is 0.0968. The van der Waals surface area contributed by atoms with Gasteiger partial charge in [0.05, 0.1) is 0 Å². The van der Waals surface area contributed by atoms with E-state index in [0.29, 0.717) is 12.3 Å². The molecule has 2 saturated carbocycles. The van der Waals surface area contributed by atoms with E-state index in [-0.39, 0.29) is 6.42 Å². The van der Waals surface area contributed by atoms with Gasteiger partial charge in [0.15, 0.2) is 0 Å². The minimum absolute atomic E-state index is 0.0571. The monoisotopic (exact) mass is 278 g/mol. The van der Waals surface area contributed by atoms with Gasteiger partial charge in [0, 0.05) is 0 Å². The molecule has 1 N–H and O–H groups in total. The molecule has 0 radical (unpaired) electrons. The molecule has 3 atom stereocenters. The Labute approximate surface area is 109 Å². The number of hydrogen-bond donors (Lipinski definition) is 1. The van der Waals surface area contributed by atoms with Gasteiger partial charge >= 0.3 is 0 Å². The second kappa shape index (κ2) is 5.45. The van der Waals surface area contributed by atoms with E-state index in [4.69, 9.17) is 4.55 Å². The number of halogens is 1. The highest BCUT2D eigenvalue weighted by Gasteiger charge is 2.35. The van der Waals surface area contributed by atoms with Gasteiger partial charge in [-0.1, -0.05) is 6.92 Å². The van der Waals surface area contributed by atoms with Gasteiger partial charge in [0.25, 0.3) is 10.1 Å². The Morgan fingerprint density at radius 3 is 2.22 bits per heavy atom. The molecule has 18 heavy (non-hydrogen) atoms. The van der Waals surface area contributed by atoms with Gasteiger partial charge in [-0.2, -0.15) is 8.42 Å². The van der Waals surface area contributed by atoms with Gasteiger partial charge in [0.1, 0.15) is 0 Å². The van der Waals surface area contributed by atoms with E-state index >= 15 is 0 Å². The van der Waals surface area contributed by atoms with Gasteiger partial charge in [-0.05, 0) is 68.6 Å². The molecule has 5 heteroatoms. The van der Waals surface area contributed by atoms with Crippen LogP contribution in [0.2, 0.25) is 0 Å². The molecule has 3 unspecified atom stereocenters. The minimum Gasteiger partial charge on any atom is -0.283 e. The third-order valence-electron chi connectivity index (χ3n) is 4.60. The zero-order valence-corrected chi connectivity index (χ0v) is 11.7. The zero-order valence-electron chi connectivity index (χ0n) is 10.9. The Morgan fingerprint density at radius 2 is 1.72 bits per heavy atom. The van der Waals surface area contributed by atoms with E-state index in [9.17, 15) is 12.8 Å². The summed E-state index contributed by atoms with van der Waals surface area (Å²) in [6.07, 6.45) is 6.59. The van der Waals surface area contributed by atoms with E-state index in [1.54, 1.807) is 0 Å². The number of alkyl halides is 1. The molecule has 2 aliphatic carbocycles. The molecule has 2 fully saturated rings. The van der Waals surface area contributed by atoms with Crippen LogP contribution in [-0.4, -0.2) is 18.5 Å². The van der Waals surface area contributed by atoms with E-state index in [2.05, 4.69) is 6.92 Å². The molecule has 0 aromatic rings. The summed E-state index contributed by atoms with van der Waals surface area (Å²) in [5, 5.41) is 0. The van der Waals surface area contributed by atoms with Crippen LogP contribution in [0.5, 0.6) is 0 Å². The quantitative estimate of drug-likeness (QED) is 0.802. The van der Waals surface area contributed by atoms with Gasteiger partial charge in [-0.15, -0.1) is 0 Å². The summed E-state index contributed by atoms with van der Waals surface area (Å²) in [6.45, 7) is 2.30. The predicted octanol–water partition coefficient (Wildman–Crippen LogP) is 3.41. The predicted molar refractivity (Wildman–Crippen MR) is 68.4 cm³/mol. The zero-order chi connectivity index (χ0) is 13.3. The summed E-state index contributed by atoms with van der Waals surface area (Å²) < 4.78 is 43.0. The van der Waals surface area contributed by atoms with Crippen molar-refractivity contribution >= 4 is 10.1 Å². The lowest BCUT2D eigenvalue weighted by Crippen LogP contribution is -2.30. The molecule has 2 aliphatic rings. The van der Waals surface area contributed by atoms with Crippen LogP contribution in [0, 0.1) is 23.7 Å². The highest BCUT2D eigenvalue weighted by Crippen LogP contribution is 2.46. The molecule has 106 valence electrons. The van der Waals surface area contributed by atoms with Crippen LogP contribution in [0.4, 0.5) is 4.39 Å². The van der Waals surface area contributed by atoms with Crippen LogP contribution < -0.4 is 0 Å². The third-order valence-corrected chi connectivity index (χ3v) is 5.48. The fraction of sp³-hybridized carbons (Fsp3) is 1.00. The average Bonchev–Trinajstić information content (AvgIpc) is 2.22. The molecular formula is C13H23FO3S. The van der Waals surface area contributed by atoms with Crippen LogP contribution in [0.25, 0.3) is 0 Å². The van der Waals surface area contributed by atoms with Crippen molar-refractivity contribution in [3.8, 4) is 0 Å². The van der Waals surface area contributed by atoms with Crippen molar-refractivity contribution in [2.45, 2.75) is 57.4 Å². The maximum absolute atomic E-state index is 13.2. The SMILES string of the molecule is CC1CC2CC(CCC(F)S(=O)(=O)O)CC(C1)C2. The first-order valence-electron chi connectivity index (χ1n) is 6.95. The molecular weight excluding hydrogens is 255 g/mol. The maximum atomic E-state index is 13.2. The van der Waals surface area contributed by atoms with E-state index in [1.807, 2.05) is 0 Å². The van der Waals surface area contributed by atoms with Gasteiger partial charge in [0.2, 0.25) is 5.50 Å². The molecule has 0 aromatic carbocycles. The van der Waals surface area contributed by atoms with Crippen LogP contribution in [0.1, 0.15) is 51.9 Å². The summed E-state index contributed by atoms with van der Waals surface area (Å²) in [6, 6.07) is 0. The largest absolute Gasteiger partial charge is 0.297 e. The van der Waals surface area contributed by atoms with E-state index in [1.165, 1.54) is 19.3 Å². The van der Waals surface area contributed by atoms with E-state index < -0.39 is 15.6 Å². The Morgan fingerprint density at radius 1 is 1.17 bits per heavy atom. The molecule has 0 spiro atoms. The maximum Gasteiger partial charge on any atom is 0.297 e. The highest BCUT2D eigenvalue weighted by atomic mass is 32.2. The molecule has 0 aromatic heterocycles. The summed E-state index contributed by atoms with van der Waals surface area (Å²) in [4.78, 5) is 0. The molecule has 0 heterocycles. The summed E-state index contributed by atoms with van der Waals surface area (Å²) in [7, 11) is -4.50. The summed E-state index contributed by atoms with van der Waals surface area (Å²) in [5.41, 5.74) is -2.10. The number of rotatable bonds is 4. The summed E-state index contributed by atoms with van der Waals surface area (Å²) in [5.74, 6) is 2.75. The lowest BCUT2D eigenvalue weighted by Gasteiger charge is -2.41. The second-order valence-electron chi connectivity index (χ2n) is 6.38. The second-order valence-corrected chi connectivity index (χ2v) is 7.93. The minimum atomic E-state index is -4.50. The Balaban J connectivity index is 1.82. The van der Waals surface area contributed by atoms with Crippen LogP contribution >= 0.6 is 0 Å². The molecule has 3 nitrogen and oxygen atoms in total. The number of fused-ring (bicyclic) bond motifs is 2. The Hall–Kier alpha value is -0.160. The van der Waals surface area contributed by atoms with Crippen LogP contribution in [0.3, 0.4) is 0 Å². The molecule has 2 bridgehead atoms. The van der Waals surface area contributed by atoms with Gasteiger partial charge < -0.3 is 0 Å². The summed E-state index contributed by atoms with van der Waals surface area (Å²) >= 11 is 0.